The SMILES string of the molecule is Cn1nccc1-c1ccc(-n2c(N)c3c(cc2=O)C(=O)NC3=O)cc1. The number of nitrogens with two attached hydrogens (primary N) is 1. The van der Waals surface area contributed by atoms with Crippen LogP contribution in [0.5, 0.6) is 0 Å². The molecule has 0 bridgehead atoms. The number of aromatic nitrogens is 3. The summed E-state index contributed by atoms with van der Waals surface area (Å²) in [5, 5.41) is 6.26. The van der Waals surface area contributed by atoms with Crippen molar-refractivity contribution in [2.45, 2.75) is 0 Å². The maximum atomic E-state index is 12.4. The molecular formula is C17H13N5O3. The van der Waals surface area contributed by atoms with Crippen LogP contribution in [0, 0.1) is 0 Å². The van der Waals surface area contributed by atoms with Crippen LogP contribution in [0.25, 0.3) is 16.9 Å². The van der Waals surface area contributed by atoms with Gasteiger partial charge in [0.2, 0.25) is 0 Å². The van der Waals surface area contributed by atoms with Crippen molar-refractivity contribution in [2.75, 3.05) is 5.73 Å². The zero-order chi connectivity index (χ0) is 17.7. The molecule has 0 saturated heterocycles. The molecule has 124 valence electrons. The summed E-state index contributed by atoms with van der Waals surface area (Å²) in [5.41, 5.74) is 7.92. The third-order valence-electron chi connectivity index (χ3n) is 4.20. The number of imide groups is 1. The number of nitrogen functional groups attached to an aromatic ring is 1. The molecule has 0 saturated carbocycles. The number of hydrogen-bond acceptors (Lipinski definition) is 5. The first-order chi connectivity index (χ1) is 12.0. The number of carbonyl (C=O) groups is 2. The molecule has 0 aliphatic carbocycles. The predicted octanol–water partition coefficient (Wildman–Crippen LogP) is 0.704. The van der Waals surface area contributed by atoms with E-state index in [4.69, 9.17) is 5.73 Å². The Bertz CT molecular complexity index is 1090. The Labute approximate surface area is 141 Å². The van der Waals surface area contributed by atoms with E-state index < -0.39 is 17.4 Å². The lowest BCUT2D eigenvalue weighted by atomic mass is 10.1. The van der Waals surface area contributed by atoms with E-state index in [-0.39, 0.29) is 16.9 Å². The lowest BCUT2D eigenvalue weighted by molar-refractivity contribution is 0.0880. The van der Waals surface area contributed by atoms with Gasteiger partial charge >= 0.3 is 0 Å². The maximum absolute atomic E-state index is 12.4. The molecular weight excluding hydrogens is 322 g/mol. The van der Waals surface area contributed by atoms with E-state index in [2.05, 4.69) is 10.4 Å². The van der Waals surface area contributed by atoms with Crippen molar-refractivity contribution >= 4 is 17.6 Å². The number of nitrogens with one attached hydrogen (secondary N) is 1. The second-order valence-electron chi connectivity index (χ2n) is 5.66. The fourth-order valence-corrected chi connectivity index (χ4v) is 2.98. The van der Waals surface area contributed by atoms with E-state index in [0.29, 0.717) is 5.69 Å². The van der Waals surface area contributed by atoms with Crippen molar-refractivity contribution in [2.24, 2.45) is 7.05 Å². The topological polar surface area (TPSA) is 112 Å². The van der Waals surface area contributed by atoms with Crippen LogP contribution in [-0.4, -0.2) is 26.2 Å². The summed E-state index contributed by atoms with van der Waals surface area (Å²) < 4.78 is 2.95. The molecule has 1 aromatic carbocycles. The Morgan fingerprint density at radius 2 is 1.76 bits per heavy atom. The fraction of sp³-hybridized carbons (Fsp3) is 0.0588. The first-order valence-electron chi connectivity index (χ1n) is 7.47. The summed E-state index contributed by atoms with van der Waals surface area (Å²) in [5.74, 6) is -1.26. The number of amides is 2. The second kappa shape index (κ2) is 5.17. The van der Waals surface area contributed by atoms with Crippen molar-refractivity contribution in [3.63, 3.8) is 0 Å². The number of aryl methyl sites for hydroxylation is 1. The number of fused-ring (bicyclic) bond motifs is 1. The number of anilines is 1. The molecule has 2 amide bonds. The molecule has 0 unspecified atom stereocenters. The molecule has 2 aromatic heterocycles. The Kier molecular flexibility index (Phi) is 3.08. The Morgan fingerprint density at radius 1 is 1.04 bits per heavy atom. The zero-order valence-electron chi connectivity index (χ0n) is 13.2. The van der Waals surface area contributed by atoms with Gasteiger partial charge in [0.15, 0.2) is 0 Å². The summed E-state index contributed by atoms with van der Waals surface area (Å²) in [6.07, 6.45) is 1.70. The van der Waals surface area contributed by atoms with Gasteiger partial charge in [-0.1, -0.05) is 12.1 Å². The molecule has 25 heavy (non-hydrogen) atoms. The minimum atomic E-state index is -0.609. The molecule has 8 heteroatoms. The second-order valence-corrected chi connectivity index (χ2v) is 5.66. The molecule has 1 aliphatic rings. The van der Waals surface area contributed by atoms with E-state index in [1.165, 1.54) is 4.57 Å². The number of hydrogen-bond donors (Lipinski definition) is 2. The third kappa shape index (κ3) is 2.15. The van der Waals surface area contributed by atoms with Gasteiger partial charge in [0, 0.05) is 19.3 Å². The molecule has 0 spiro atoms. The molecule has 3 N–H and O–H groups in total. The van der Waals surface area contributed by atoms with Crippen molar-refractivity contribution < 1.29 is 9.59 Å². The van der Waals surface area contributed by atoms with Gasteiger partial charge in [0.25, 0.3) is 17.4 Å². The first-order valence-corrected chi connectivity index (χ1v) is 7.47. The van der Waals surface area contributed by atoms with Crippen molar-refractivity contribution in [3.05, 3.63) is 64.1 Å². The first kappa shape index (κ1) is 14.9. The number of benzene rings is 1. The third-order valence-corrected chi connectivity index (χ3v) is 4.20. The molecule has 1 aliphatic heterocycles. The summed E-state index contributed by atoms with van der Waals surface area (Å²) in [6.45, 7) is 0. The molecule has 8 nitrogen and oxygen atoms in total. The average Bonchev–Trinajstić information content (AvgIpc) is 3.12. The Balaban J connectivity index is 1.85. The summed E-state index contributed by atoms with van der Waals surface area (Å²) in [7, 11) is 1.84. The summed E-state index contributed by atoms with van der Waals surface area (Å²) in [4.78, 5) is 36.0. The Hall–Kier alpha value is -3.68. The monoisotopic (exact) mass is 335 g/mol. The van der Waals surface area contributed by atoms with Crippen LogP contribution < -0.4 is 16.6 Å². The van der Waals surface area contributed by atoms with Crippen LogP contribution in [0.2, 0.25) is 0 Å². The highest BCUT2D eigenvalue weighted by Gasteiger charge is 2.31. The lowest BCUT2D eigenvalue weighted by Gasteiger charge is -2.12. The van der Waals surface area contributed by atoms with Crippen LogP contribution in [0.15, 0.2) is 47.4 Å². The van der Waals surface area contributed by atoms with Crippen molar-refractivity contribution in [3.8, 4) is 16.9 Å². The van der Waals surface area contributed by atoms with Crippen molar-refractivity contribution in [1.82, 2.24) is 19.7 Å². The molecule has 4 rings (SSSR count). The molecule has 0 fully saturated rings. The molecule has 0 atom stereocenters. The summed E-state index contributed by atoms with van der Waals surface area (Å²) in [6, 6.07) is 10.1. The van der Waals surface area contributed by atoms with Crippen LogP contribution in [-0.2, 0) is 7.05 Å². The highest BCUT2D eigenvalue weighted by molar-refractivity contribution is 6.23. The summed E-state index contributed by atoms with van der Waals surface area (Å²) >= 11 is 0. The number of carbonyl (C=O) groups excluding carboxylic acids is 2. The van der Waals surface area contributed by atoms with E-state index in [1.54, 1.807) is 23.0 Å². The van der Waals surface area contributed by atoms with E-state index in [1.807, 2.05) is 25.2 Å². The van der Waals surface area contributed by atoms with Crippen LogP contribution in [0.1, 0.15) is 20.7 Å². The minimum Gasteiger partial charge on any atom is -0.384 e. The largest absolute Gasteiger partial charge is 0.384 e. The van der Waals surface area contributed by atoms with Crippen LogP contribution >= 0.6 is 0 Å². The van der Waals surface area contributed by atoms with Crippen LogP contribution in [0.3, 0.4) is 0 Å². The van der Waals surface area contributed by atoms with E-state index >= 15 is 0 Å². The molecule has 0 radical (unpaired) electrons. The number of rotatable bonds is 2. The van der Waals surface area contributed by atoms with Gasteiger partial charge in [-0.25, -0.2) is 0 Å². The Morgan fingerprint density at radius 3 is 2.40 bits per heavy atom. The van der Waals surface area contributed by atoms with Gasteiger partial charge in [0.05, 0.1) is 22.5 Å². The van der Waals surface area contributed by atoms with Gasteiger partial charge in [-0.3, -0.25) is 28.9 Å². The standard InChI is InChI=1S/C17H13N5O3/c1-21-12(6-7-19-21)9-2-4-10(5-3-9)22-13(23)8-11-14(15(22)18)17(25)20-16(11)24/h2-8H,18H2,1H3,(H,20,24,25). The zero-order valence-corrected chi connectivity index (χ0v) is 13.2. The smallest absolute Gasteiger partial charge is 0.262 e. The fourth-order valence-electron chi connectivity index (χ4n) is 2.98. The van der Waals surface area contributed by atoms with Gasteiger partial charge in [-0.05, 0) is 23.8 Å². The average molecular weight is 335 g/mol. The van der Waals surface area contributed by atoms with E-state index in [9.17, 15) is 14.4 Å². The normalized spacial score (nSPS) is 13.0. The number of nitrogens with zero attached hydrogens (tertiary/aromatic N) is 3. The molecule has 3 aromatic rings. The predicted molar refractivity (Wildman–Crippen MR) is 90.5 cm³/mol. The number of pyridine rings is 1. The van der Waals surface area contributed by atoms with Gasteiger partial charge < -0.3 is 5.73 Å². The van der Waals surface area contributed by atoms with Gasteiger partial charge in [0.1, 0.15) is 5.82 Å². The molecule has 3 heterocycles. The highest BCUT2D eigenvalue weighted by Crippen LogP contribution is 2.24. The van der Waals surface area contributed by atoms with Gasteiger partial charge in [-0.2, -0.15) is 5.10 Å². The highest BCUT2D eigenvalue weighted by atomic mass is 16.2. The lowest BCUT2D eigenvalue weighted by Crippen LogP contribution is -2.24. The van der Waals surface area contributed by atoms with Crippen molar-refractivity contribution in [1.29, 1.82) is 0 Å². The minimum absolute atomic E-state index is 0.00950. The van der Waals surface area contributed by atoms with Crippen LogP contribution in [0.4, 0.5) is 5.82 Å². The maximum Gasteiger partial charge on any atom is 0.262 e. The quantitative estimate of drug-likeness (QED) is 0.670. The van der Waals surface area contributed by atoms with Gasteiger partial charge in [-0.15, -0.1) is 0 Å². The van der Waals surface area contributed by atoms with E-state index in [0.717, 1.165) is 17.3 Å².